The quantitative estimate of drug-likeness (QED) is 0.816. The van der Waals surface area contributed by atoms with Crippen molar-refractivity contribution in [2.45, 2.75) is 40.2 Å². The zero-order chi connectivity index (χ0) is 14.6. The van der Waals surface area contributed by atoms with E-state index in [1.807, 2.05) is 20.8 Å². The van der Waals surface area contributed by atoms with Crippen LogP contribution in [0.4, 0.5) is 5.82 Å². The summed E-state index contributed by atoms with van der Waals surface area (Å²) < 4.78 is 23.2. The van der Waals surface area contributed by atoms with E-state index in [-0.39, 0.29) is 17.5 Å². The average molecular weight is 306 g/mol. The Bertz CT molecular complexity index is 546. The lowest BCUT2D eigenvalue weighted by Crippen LogP contribution is -2.27. The topological polar surface area (TPSA) is 72.0 Å². The summed E-state index contributed by atoms with van der Waals surface area (Å²) in [6.45, 7) is 7.21. The van der Waals surface area contributed by atoms with Gasteiger partial charge in [-0.25, -0.2) is 18.4 Å². The maximum absolute atomic E-state index is 11.6. The highest BCUT2D eigenvalue weighted by atomic mass is 35.5. The fraction of sp³-hybridized carbons (Fsp3) is 0.667. The van der Waals surface area contributed by atoms with E-state index in [0.29, 0.717) is 23.2 Å². The molecule has 0 aliphatic carbocycles. The normalized spacial score (nSPS) is 13.3. The molecule has 19 heavy (non-hydrogen) atoms. The number of hydrogen-bond acceptors (Lipinski definition) is 5. The molecule has 1 rings (SSSR count). The smallest absolute Gasteiger partial charge is 0.152 e. The van der Waals surface area contributed by atoms with Crippen molar-refractivity contribution >= 4 is 27.3 Å². The summed E-state index contributed by atoms with van der Waals surface area (Å²) in [6.07, 6.45) is 0.677. The Balaban J connectivity index is 2.90. The third-order valence-corrected chi connectivity index (χ3v) is 5.03. The van der Waals surface area contributed by atoms with Gasteiger partial charge in [0.15, 0.2) is 9.84 Å². The van der Waals surface area contributed by atoms with E-state index >= 15 is 0 Å². The molecule has 0 radical (unpaired) electrons. The van der Waals surface area contributed by atoms with E-state index in [9.17, 15) is 8.42 Å². The molecule has 0 aromatic carbocycles. The summed E-state index contributed by atoms with van der Waals surface area (Å²) >= 11 is 6.03. The fourth-order valence-corrected chi connectivity index (χ4v) is 2.87. The molecule has 0 spiro atoms. The lowest BCUT2D eigenvalue weighted by atomic mass is 10.3. The molecule has 1 aromatic heterocycles. The van der Waals surface area contributed by atoms with Gasteiger partial charge < -0.3 is 5.32 Å². The first-order valence-electron chi connectivity index (χ1n) is 6.29. The second kappa shape index (κ2) is 6.52. The third kappa shape index (κ3) is 4.62. The molecule has 1 atom stereocenters. The molecular weight excluding hydrogens is 286 g/mol. The minimum Gasteiger partial charge on any atom is -0.366 e. The fourth-order valence-electron chi connectivity index (χ4n) is 1.61. The monoisotopic (exact) mass is 305 g/mol. The van der Waals surface area contributed by atoms with Gasteiger partial charge in [0.2, 0.25) is 0 Å². The molecule has 0 fully saturated rings. The predicted octanol–water partition coefficient (Wildman–Crippen LogP) is 2.24. The molecule has 0 unspecified atom stereocenters. The van der Waals surface area contributed by atoms with Crippen LogP contribution in [0.25, 0.3) is 0 Å². The van der Waals surface area contributed by atoms with Gasteiger partial charge in [-0.1, -0.05) is 25.4 Å². The second-order valence-electron chi connectivity index (χ2n) is 4.50. The van der Waals surface area contributed by atoms with Crippen molar-refractivity contribution in [1.29, 1.82) is 0 Å². The molecule has 1 heterocycles. The maximum Gasteiger partial charge on any atom is 0.152 e. The summed E-state index contributed by atoms with van der Waals surface area (Å²) in [7, 11) is -3.02. The van der Waals surface area contributed by atoms with Crippen molar-refractivity contribution in [3.8, 4) is 0 Å². The second-order valence-corrected chi connectivity index (χ2v) is 7.26. The lowest BCUT2D eigenvalue weighted by molar-refractivity contribution is 0.593. The predicted molar refractivity (Wildman–Crippen MR) is 78.6 cm³/mol. The van der Waals surface area contributed by atoms with Crippen LogP contribution in [0.3, 0.4) is 0 Å². The van der Waals surface area contributed by atoms with Crippen LogP contribution in [0.5, 0.6) is 0 Å². The number of anilines is 1. The zero-order valence-electron chi connectivity index (χ0n) is 11.7. The van der Waals surface area contributed by atoms with Crippen LogP contribution in [-0.2, 0) is 16.3 Å². The van der Waals surface area contributed by atoms with Crippen molar-refractivity contribution in [3.05, 3.63) is 16.5 Å². The van der Waals surface area contributed by atoms with Crippen LogP contribution in [0.15, 0.2) is 0 Å². The van der Waals surface area contributed by atoms with Gasteiger partial charge in [-0.2, -0.15) is 0 Å². The van der Waals surface area contributed by atoms with Gasteiger partial charge in [0.25, 0.3) is 0 Å². The number of hydrogen-bond donors (Lipinski definition) is 1. The average Bonchev–Trinajstić information content (AvgIpc) is 2.34. The summed E-state index contributed by atoms with van der Waals surface area (Å²) in [4.78, 5) is 8.49. The van der Waals surface area contributed by atoms with Crippen LogP contribution in [0, 0.1) is 6.92 Å². The van der Waals surface area contributed by atoms with Gasteiger partial charge >= 0.3 is 0 Å². The number of aromatic nitrogens is 2. The number of aryl methyl sites for hydroxylation is 1. The Morgan fingerprint density at radius 2 is 1.95 bits per heavy atom. The van der Waals surface area contributed by atoms with Crippen LogP contribution < -0.4 is 5.32 Å². The van der Waals surface area contributed by atoms with Gasteiger partial charge in [-0.15, -0.1) is 0 Å². The SMILES string of the molecule is CCc1nc(Cl)c(C)c(N[C@H](C)CS(=O)(=O)CC)n1. The maximum atomic E-state index is 11.6. The molecule has 0 saturated heterocycles. The summed E-state index contributed by atoms with van der Waals surface area (Å²) in [5.41, 5.74) is 0.736. The van der Waals surface area contributed by atoms with Crippen LogP contribution in [0.2, 0.25) is 5.15 Å². The number of nitrogens with zero attached hydrogens (tertiary/aromatic N) is 2. The third-order valence-electron chi connectivity index (χ3n) is 2.78. The first-order chi connectivity index (χ1) is 8.79. The number of nitrogens with one attached hydrogen (secondary N) is 1. The van der Waals surface area contributed by atoms with Gasteiger partial charge in [0.05, 0.1) is 5.75 Å². The van der Waals surface area contributed by atoms with E-state index in [1.165, 1.54) is 0 Å². The van der Waals surface area contributed by atoms with Gasteiger partial charge in [0.1, 0.15) is 16.8 Å². The first kappa shape index (κ1) is 16.2. The highest BCUT2D eigenvalue weighted by Gasteiger charge is 2.16. The molecule has 0 amide bonds. The summed E-state index contributed by atoms with van der Waals surface area (Å²) in [5.74, 6) is 1.47. The molecule has 1 aromatic rings. The van der Waals surface area contributed by atoms with Gasteiger partial charge in [0, 0.05) is 23.8 Å². The van der Waals surface area contributed by atoms with Gasteiger partial charge in [-0.3, -0.25) is 0 Å². The highest BCUT2D eigenvalue weighted by molar-refractivity contribution is 7.91. The van der Waals surface area contributed by atoms with Crippen LogP contribution >= 0.6 is 11.6 Å². The largest absolute Gasteiger partial charge is 0.366 e. The standard InChI is InChI=1S/C12H20ClN3O2S/c1-5-10-15-11(13)9(4)12(16-10)14-8(3)7-19(17,18)6-2/h8H,5-7H2,1-4H3,(H,14,15,16)/t8-/m1/s1. The molecule has 0 aliphatic rings. The summed E-state index contributed by atoms with van der Waals surface area (Å²) in [5, 5.41) is 3.50. The van der Waals surface area contributed by atoms with E-state index in [1.54, 1.807) is 6.92 Å². The molecular formula is C12H20ClN3O2S. The Morgan fingerprint density at radius 1 is 1.32 bits per heavy atom. The molecule has 0 bridgehead atoms. The number of rotatable bonds is 6. The zero-order valence-corrected chi connectivity index (χ0v) is 13.3. The van der Waals surface area contributed by atoms with Crippen molar-refractivity contribution < 1.29 is 8.42 Å². The minimum atomic E-state index is -3.02. The molecule has 0 saturated carbocycles. The van der Waals surface area contributed by atoms with Crippen molar-refractivity contribution in [2.75, 3.05) is 16.8 Å². The Labute approximate surface area is 119 Å². The molecule has 1 N–H and O–H groups in total. The van der Waals surface area contributed by atoms with E-state index < -0.39 is 9.84 Å². The van der Waals surface area contributed by atoms with Crippen molar-refractivity contribution in [1.82, 2.24) is 9.97 Å². The molecule has 5 nitrogen and oxygen atoms in total. The number of halogens is 1. The highest BCUT2D eigenvalue weighted by Crippen LogP contribution is 2.20. The van der Waals surface area contributed by atoms with E-state index in [2.05, 4.69) is 15.3 Å². The molecule has 7 heteroatoms. The van der Waals surface area contributed by atoms with Gasteiger partial charge in [-0.05, 0) is 13.8 Å². The first-order valence-corrected chi connectivity index (χ1v) is 8.49. The molecule has 108 valence electrons. The Kier molecular flexibility index (Phi) is 5.55. The minimum absolute atomic E-state index is 0.0754. The number of sulfone groups is 1. The Hall–Kier alpha value is -0.880. The van der Waals surface area contributed by atoms with E-state index in [0.717, 1.165) is 5.56 Å². The van der Waals surface area contributed by atoms with Crippen molar-refractivity contribution in [2.24, 2.45) is 0 Å². The lowest BCUT2D eigenvalue weighted by Gasteiger charge is -2.17. The van der Waals surface area contributed by atoms with E-state index in [4.69, 9.17) is 11.6 Å². The summed E-state index contributed by atoms with van der Waals surface area (Å²) in [6, 6.07) is -0.223. The van der Waals surface area contributed by atoms with Crippen molar-refractivity contribution in [3.63, 3.8) is 0 Å². The Morgan fingerprint density at radius 3 is 2.47 bits per heavy atom. The van der Waals surface area contributed by atoms with Crippen LogP contribution in [0.1, 0.15) is 32.2 Å². The van der Waals surface area contributed by atoms with Crippen LogP contribution in [-0.4, -0.2) is 35.9 Å². The molecule has 0 aliphatic heterocycles.